The molecule has 9 heteroatoms. The summed E-state index contributed by atoms with van der Waals surface area (Å²) in [7, 11) is 0. The van der Waals surface area contributed by atoms with Gasteiger partial charge < -0.3 is 9.09 Å². The Bertz CT molecular complexity index is 951. The quantitative estimate of drug-likeness (QED) is 0.314. The first-order valence-corrected chi connectivity index (χ1v) is 10.5. The van der Waals surface area contributed by atoms with Crippen LogP contribution in [0.15, 0.2) is 58.0 Å². The van der Waals surface area contributed by atoms with Crippen molar-refractivity contribution in [3.63, 3.8) is 0 Å². The summed E-state index contributed by atoms with van der Waals surface area (Å²) < 4.78 is 7.45. The van der Waals surface area contributed by atoms with Crippen LogP contribution in [-0.4, -0.2) is 35.6 Å². The van der Waals surface area contributed by atoms with E-state index in [2.05, 4.69) is 47.4 Å². The maximum absolute atomic E-state index is 5.34. The molecule has 4 rings (SSSR count). The normalized spacial score (nSPS) is 11.1. The van der Waals surface area contributed by atoms with Gasteiger partial charge in [0, 0.05) is 41.6 Å². The molecule has 4 heterocycles. The average molecular weight is 399 g/mol. The van der Waals surface area contributed by atoms with Crippen molar-refractivity contribution in [3.8, 4) is 11.4 Å². The van der Waals surface area contributed by atoms with E-state index in [4.69, 9.17) is 4.52 Å². The van der Waals surface area contributed by atoms with Crippen LogP contribution in [0, 0.1) is 0 Å². The van der Waals surface area contributed by atoms with Gasteiger partial charge in [0.15, 0.2) is 5.16 Å². The van der Waals surface area contributed by atoms with E-state index in [1.54, 1.807) is 41.8 Å². The summed E-state index contributed by atoms with van der Waals surface area (Å²) in [6, 6.07) is 7.98. The molecule has 0 amide bonds. The molecule has 0 spiro atoms. The lowest BCUT2D eigenvalue weighted by Crippen LogP contribution is -2.01. The average Bonchev–Trinajstić information content (AvgIpc) is 3.46. The monoisotopic (exact) mass is 398 g/mol. The minimum atomic E-state index is 0.605. The summed E-state index contributed by atoms with van der Waals surface area (Å²) in [6.07, 6.45) is 7.92. The molecule has 7 nitrogen and oxygen atoms in total. The molecule has 0 aromatic carbocycles. The maximum Gasteiger partial charge on any atom is 0.226 e. The number of pyridine rings is 1. The Morgan fingerprint density at radius 2 is 2.07 bits per heavy atom. The number of thioether (sulfide) groups is 1. The molecule has 0 aliphatic heterocycles. The fourth-order valence-electron chi connectivity index (χ4n) is 2.56. The molecule has 0 radical (unpaired) electrons. The smallest absolute Gasteiger partial charge is 0.226 e. The lowest BCUT2D eigenvalue weighted by Gasteiger charge is -2.04. The molecule has 0 N–H and O–H groups in total. The van der Waals surface area contributed by atoms with Crippen molar-refractivity contribution in [2.75, 3.05) is 5.75 Å². The molecular formula is C18H18N6OS2. The van der Waals surface area contributed by atoms with E-state index in [1.165, 1.54) is 4.88 Å². The van der Waals surface area contributed by atoms with Gasteiger partial charge in [0.25, 0.3) is 0 Å². The van der Waals surface area contributed by atoms with Gasteiger partial charge in [-0.3, -0.25) is 4.98 Å². The molecule has 0 saturated heterocycles. The third kappa shape index (κ3) is 4.81. The van der Waals surface area contributed by atoms with Crippen LogP contribution in [0.1, 0.15) is 17.2 Å². The van der Waals surface area contributed by atoms with Gasteiger partial charge in [-0.25, -0.2) is 0 Å². The Kier molecular flexibility index (Phi) is 5.90. The van der Waals surface area contributed by atoms with Crippen LogP contribution < -0.4 is 0 Å². The molecule has 27 heavy (non-hydrogen) atoms. The van der Waals surface area contributed by atoms with E-state index >= 15 is 0 Å². The number of rotatable bonds is 9. The zero-order valence-electron chi connectivity index (χ0n) is 14.6. The largest absolute Gasteiger partial charge is 0.339 e. The molecule has 0 unspecified atom stereocenters. The van der Waals surface area contributed by atoms with Crippen molar-refractivity contribution in [1.82, 2.24) is 29.9 Å². The highest BCUT2D eigenvalue weighted by Gasteiger charge is 2.09. The minimum absolute atomic E-state index is 0.605. The number of aryl methyl sites for hydroxylation is 3. The lowest BCUT2D eigenvalue weighted by atomic mass is 10.2. The van der Waals surface area contributed by atoms with E-state index in [0.717, 1.165) is 42.3 Å². The number of aromatic nitrogens is 6. The first-order valence-electron chi connectivity index (χ1n) is 8.64. The second-order valence-corrected chi connectivity index (χ2v) is 7.93. The summed E-state index contributed by atoms with van der Waals surface area (Å²) in [5.41, 5.74) is 0.910. The van der Waals surface area contributed by atoms with Gasteiger partial charge in [-0.15, -0.1) is 21.5 Å². The van der Waals surface area contributed by atoms with E-state index in [1.807, 2.05) is 12.1 Å². The highest BCUT2D eigenvalue weighted by molar-refractivity contribution is 7.99. The highest BCUT2D eigenvalue weighted by Crippen LogP contribution is 2.19. The van der Waals surface area contributed by atoms with Gasteiger partial charge >= 0.3 is 0 Å². The van der Waals surface area contributed by atoms with Gasteiger partial charge in [0.05, 0.1) is 0 Å². The second-order valence-electron chi connectivity index (χ2n) is 5.84. The fraction of sp³-hybridized carbons (Fsp3) is 0.278. The predicted octanol–water partition coefficient (Wildman–Crippen LogP) is 3.75. The standard InChI is InChI=1S/C18H18N6OS2/c1-3-15(26-11-1)7-10-24-13-20-22-18(24)27-12-2-4-16-21-17(23-25-16)14-5-8-19-9-6-14/h1,3,5-6,8-9,11,13H,2,4,7,10,12H2. The summed E-state index contributed by atoms with van der Waals surface area (Å²) in [6.45, 7) is 0.898. The Labute approximate surface area is 164 Å². The summed E-state index contributed by atoms with van der Waals surface area (Å²) >= 11 is 3.49. The maximum atomic E-state index is 5.34. The van der Waals surface area contributed by atoms with E-state index in [-0.39, 0.29) is 0 Å². The Morgan fingerprint density at radius 3 is 2.93 bits per heavy atom. The number of hydrogen-bond donors (Lipinski definition) is 0. The SMILES string of the molecule is c1csc(CCn2cnnc2SCCCc2nc(-c3ccncc3)no2)c1. The molecule has 0 aliphatic rings. The van der Waals surface area contributed by atoms with E-state index < -0.39 is 0 Å². The van der Waals surface area contributed by atoms with Gasteiger partial charge in [-0.2, -0.15) is 4.98 Å². The Balaban J connectivity index is 1.24. The first-order chi connectivity index (χ1) is 13.4. The minimum Gasteiger partial charge on any atom is -0.339 e. The molecule has 0 fully saturated rings. The van der Waals surface area contributed by atoms with E-state index in [0.29, 0.717) is 11.7 Å². The van der Waals surface area contributed by atoms with Crippen LogP contribution in [0.3, 0.4) is 0 Å². The summed E-state index contributed by atoms with van der Waals surface area (Å²) in [5, 5.41) is 15.4. The molecular weight excluding hydrogens is 380 g/mol. The molecule has 0 atom stereocenters. The highest BCUT2D eigenvalue weighted by atomic mass is 32.2. The predicted molar refractivity (Wildman–Crippen MR) is 105 cm³/mol. The summed E-state index contributed by atoms with van der Waals surface area (Å²) in [5.74, 6) is 2.18. The van der Waals surface area contributed by atoms with Crippen LogP contribution in [0.2, 0.25) is 0 Å². The van der Waals surface area contributed by atoms with Gasteiger partial charge in [0.2, 0.25) is 11.7 Å². The van der Waals surface area contributed by atoms with Gasteiger partial charge in [-0.05, 0) is 36.4 Å². The lowest BCUT2D eigenvalue weighted by molar-refractivity contribution is 0.378. The molecule has 0 saturated carbocycles. The Hall–Kier alpha value is -2.52. The topological polar surface area (TPSA) is 82.5 Å². The summed E-state index contributed by atoms with van der Waals surface area (Å²) in [4.78, 5) is 9.82. The third-order valence-corrected chi connectivity index (χ3v) is 5.94. The molecule has 4 aromatic heterocycles. The van der Waals surface area contributed by atoms with Crippen LogP contribution >= 0.6 is 23.1 Å². The Morgan fingerprint density at radius 1 is 1.15 bits per heavy atom. The molecule has 0 bridgehead atoms. The second kappa shape index (κ2) is 8.92. The van der Waals surface area contributed by atoms with Crippen molar-refractivity contribution >= 4 is 23.1 Å². The number of thiophene rings is 1. The zero-order chi connectivity index (χ0) is 18.3. The van der Waals surface area contributed by atoms with Crippen molar-refractivity contribution in [2.24, 2.45) is 0 Å². The first kappa shape index (κ1) is 17.9. The van der Waals surface area contributed by atoms with Crippen molar-refractivity contribution in [3.05, 3.63) is 59.1 Å². The molecule has 0 aliphatic carbocycles. The number of nitrogens with zero attached hydrogens (tertiary/aromatic N) is 6. The van der Waals surface area contributed by atoms with Gasteiger partial charge in [0.1, 0.15) is 6.33 Å². The van der Waals surface area contributed by atoms with E-state index in [9.17, 15) is 0 Å². The van der Waals surface area contributed by atoms with Crippen molar-refractivity contribution in [1.29, 1.82) is 0 Å². The van der Waals surface area contributed by atoms with Crippen molar-refractivity contribution in [2.45, 2.75) is 31.0 Å². The van der Waals surface area contributed by atoms with Crippen LogP contribution in [0.25, 0.3) is 11.4 Å². The van der Waals surface area contributed by atoms with Gasteiger partial charge in [-0.1, -0.05) is 23.0 Å². The van der Waals surface area contributed by atoms with Crippen molar-refractivity contribution < 1.29 is 4.52 Å². The zero-order valence-corrected chi connectivity index (χ0v) is 16.2. The van der Waals surface area contributed by atoms with Crippen LogP contribution in [0.5, 0.6) is 0 Å². The number of hydrogen-bond acceptors (Lipinski definition) is 8. The third-order valence-electron chi connectivity index (χ3n) is 3.93. The fourth-order valence-corrected chi connectivity index (χ4v) is 4.14. The molecule has 138 valence electrons. The van der Waals surface area contributed by atoms with Crippen LogP contribution in [0.4, 0.5) is 0 Å². The molecule has 4 aromatic rings. The van der Waals surface area contributed by atoms with Crippen LogP contribution in [-0.2, 0) is 19.4 Å².